The highest BCUT2D eigenvalue weighted by Crippen LogP contribution is 2.41. The van der Waals surface area contributed by atoms with E-state index in [2.05, 4.69) is 48.9 Å². The lowest BCUT2D eigenvalue weighted by atomic mass is 9.74. The third-order valence-electron chi connectivity index (χ3n) is 5.86. The molecular weight excluding hydrogens is 398 g/mol. The minimum atomic E-state index is -0.448. The second-order valence-electron chi connectivity index (χ2n) is 8.26. The molecule has 2 aliphatic rings. The van der Waals surface area contributed by atoms with Gasteiger partial charge in [0.2, 0.25) is 5.91 Å². The summed E-state index contributed by atoms with van der Waals surface area (Å²) in [6, 6.07) is 8.24. The molecule has 4 unspecified atom stereocenters. The molecule has 30 heavy (non-hydrogen) atoms. The van der Waals surface area contributed by atoms with Gasteiger partial charge in [-0.05, 0) is 36.1 Å². The number of carbonyl (C=O) groups is 2. The lowest BCUT2D eigenvalue weighted by Gasteiger charge is -2.45. The minimum Gasteiger partial charge on any atom is -0.466 e. The van der Waals surface area contributed by atoms with Gasteiger partial charge in [0.15, 0.2) is 0 Å². The summed E-state index contributed by atoms with van der Waals surface area (Å²) in [5, 5.41) is 9.97. The van der Waals surface area contributed by atoms with E-state index in [1.807, 2.05) is 19.1 Å². The Bertz CT molecular complexity index is 806. The fourth-order valence-electron chi connectivity index (χ4n) is 4.17. The Kier molecular flexibility index (Phi) is 7.47. The number of carbonyl (C=O) groups excluding carboxylic acids is 2. The maximum Gasteiger partial charge on any atom is 0.336 e. The molecule has 1 saturated heterocycles. The molecular formula is C23H33N3O3S. The monoisotopic (exact) mass is 431 g/mol. The van der Waals surface area contributed by atoms with Crippen molar-refractivity contribution >= 4 is 23.6 Å². The van der Waals surface area contributed by atoms with E-state index in [0.717, 1.165) is 29.9 Å². The summed E-state index contributed by atoms with van der Waals surface area (Å²) in [7, 11) is 1.38. The highest BCUT2D eigenvalue weighted by Gasteiger charge is 2.48. The number of hydrogen-bond acceptors (Lipinski definition) is 6. The Hall–Kier alpha value is -1.99. The summed E-state index contributed by atoms with van der Waals surface area (Å²) in [6.45, 7) is 8.33. The van der Waals surface area contributed by atoms with E-state index in [4.69, 9.17) is 4.74 Å². The van der Waals surface area contributed by atoms with E-state index in [1.165, 1.54) is 12.7 Å². The number of hydrogen-bond donors (Lipinski definition) is 3. The van der Waals surface area contributed by atoms with Crippen molar-refractivity contribution in [2.75, 3.05) is 12.9 Å². The maximum absolute atomic E-state index is 13.2. The number of fused-ring (bicyclic) bond motifs is 1. The molecule has 3 N–H and O–H groups in total. The van der Waals surface area contributed by atoms with Gasteiger partial charge in [-0.15, -0.1) is 11.8 Å². The zero-order valence-electron chi connectivity index (χ0n) is 18.5. The number of amides is 1. The van der Waals surface area contributed by atoms with Gasteiger partial charge in [0, 0.05) is 11.6 Å². The lowest BCUT2D eigenvalue weighted by molar-refractivity contribution is -0.137. The topological polar surface area (TPSA) is 79.5 Å². The summed E-state index contributed by atoms with van der Waals surface area (Å²) < 4.78 is 5.08. The van der Waals surface area contributed by atoms with E-state index in [0.29, 0.717) is 11.5 Å². The summed E-state index contributed by atoms with van der Waals surface area (Å²) in [6.07, 6.45) is 1.98. The molecule has 0 radical (unpaired) electrons. The molecule has 1 fully saturated rings. The van der Waals surface area contributed by atoms with Crippen LogP contribution in [0.2, 0.25) is 0 Å². The molecule has 4 atom stereocenters. The summed E-state index contributed by atoms with van der Waals surface area (Å²) in [5.41, 5.74) is 3.30. The first-order valence-corrected chi connectivity index (χ1v) is 11.8. The Morgan fingerprint density at radius 1 is 1.20 bits per heavy atom. The molecule has 0 spiro atoms. The number of unbranched alkanes of at least 4 members (excludes halogenated alkanes) is 1. The molecule has 0 aliphatic carbocycles. The number of benzene rings is 1. The van der Waals surface area contributed by atoms with Crippen molar-refractivity contribution in [1.82, 2.24) is 16.0 Å². The molecule has 0 saturated carbocycles. The van der Waals surface area contributed by atoms with Crippen LogP contribution in [0.1, 0.15) is 63.5 Å². The van der Waals surface area contributed by atoms with Gasteiger partial charge >= 0.3 is 5.97 Å². The molecule has 1 amide bonds. The van der Waals surface area contributed by atoms with Crippen LogP contribution in [-0.2, 0) is 14.3 Å². The van der Waals surface area contributed by atoms with Crippen LogP contribution in [-0.4, -0.2) is 36.4 Å². The molecule has 0 bridgehead atoms. The number of allylic oxidation sites excluding steroid dienone is 1. The van der Waals surface area contributed by atoms with Crippen LogP contribution in [0.5, 0.6) is 0 Å². The summed E-state index contributed by atoms with van der Waals surface area (Å²) in [5.74, 6) is 0.122. The van der Waals surface area contributed by atoms with E-state index < -0.39 is 11.9 Å². The van der Waals surface area contributed by atoms with E-state index in [-0.39, 0.29) is 23.5 Å². The van der Waals surface area contributed by atoms with Gasteiger partial charge in [-0.3, -0.25) is 10.1 Å². The van der Waals surface area contributed by atoms with E-state index >= 15 is 0 Å². The van der Waals surface area contributed by atoms with Crippen molar-refractivity contribution < 1.29 is 14.3 Å². The molecule has 0 aromatic heterocycles. The zero-order valence-corrected chi connectivity index (χ0v) is 19.3. The van der Waals surface area contributed by atoms with Crippen LogP contribution in [0, 0.1) is 5.92 Å². The van der Waals surface area contributed by atoms with Gasteiger partial charge in [0.05, 0.1) is 24.8 Å². The normalized spacial score (nSPS) is 26.1. The maximum atomic E-state index is 13.2. The Morgan fingerprint density at radius 2 is 1.90 bits per heavy atom. The number of nitrogens with one attached hydrogen (secondary N) is 3. The minimum absolute atomic E-state index is 0.0490. The second-order valence-corrected chi connectivity index (χ2v) is 9.47. The van der Waals surface area contributed by atoms with Crippen LogP contribution < -0.4 is 16.0 Å². The number of rotatable bonds is 7. The zero-order chi connectivity index (χ0) is 21.8. The highest BCUT2D eigenvalue weighted by atomic mass is 32.2. The first-order valence-electron chi connectivity index (χ1n) is 10.7. The number of ether oxygens (including phenoxy) is 1. The Balaban J connectivity index is 1.95. The van der Waals surface area contributed by atoms with Gasteiger partial charge in [-0.2, -0.15) is 0 Å². The van der Waals surface area contributed by atoms with Crippen LogP contribution in [0.15, 0.2) is 35.5 Å². The van der Waals surface area contributed by atoms with Crippen molar-refractivity contribution in [2.24, 2.45) is 5.92 Å². The first kappa shape index (κ1) is 22.7. The average molecular weight is 432 g/mol. The van der Waals surface area contributed by atoms with Crippen molar-refractivity contribution in [3.05, 3.63) is 46.7 Å². The molecule has 3 rings (SSSR count). The van der Waals surface area contributed by atoms with Crippen molar-refractivity contribution in [3.8, 4) is 0 Å². The van der Waals surface area contributed by atoms with Crippen molar-refractivity contribution in [1.29, 1.82) is 0 Å². The standard InChI is InChI=1S/C23H33N3O3S/c1-6-7-12-30-23-25-20-19(21(27)26-23)18(17(14(4)24-20)22(28)29-5)16-10-8-15(9-11-16)13(2)3/h8-11,13,18-20,23-25H,6-7,12H2,1-5H3,(H,26,27). The fraction of sp³-hybridized carbons (Fsp3) is 0.565. The van der Waals surface area contributed by atoms with Crippen LogP contribution in [0.25, 0.3) is 0 Å². The van der Waals surface area contributed by atoms with E-state index in [9.17, 15) is 9.59 Å². The van der Waals surface area contributed by atoms with Gasteiger partial charge in [0.1, 0.15) is 5.50 Å². The Labute approximate surface area is 183 Å². The largest absolute Gasteiger partial charge is 0.466 e. The van der Waals surface area contributed by atoms with Gasteiger partial charge in [-0.1, -0.05) is 51.5 Å². The van der Waals surface area contributed by atoms with Crippen molar-refractivity contribution in [2.45, 2.75) is 64.0 Å². The van der Waals surface area contributed by atoms with Gasteiger partial charge in [-0.25, -0.2) is 4.79 Å². The molecule has 2 aliphatic heterocycles. The number of esters is 1. The highest BCUT2D eigenvalue weighted by molar-refractivity contribution is 7.99. The summed E-state index contributed by atoms with van der Waals surface area (Å²) in [4.78, 5) is 25.9. The molecule has 7 heteroatoms. The van der Waals surface area contributed by atoms with Crippen LogP contribution in [0.3, 0.4) is 0 Å². The summed E-state index contributed by atoms with van der Waals surface area (Å²) >= 11 is 1.71. The molecule has 2 heterocycles. The average Bonchev–Trinajstić information content (AvgIpc) is 2.72. The van der Waals surface area contributed by atoms with Gasteiger partial charge in [0.25, 0.3) is 0 Å². The van der Waals surface area contributed by atoms with E-state index in [1.54, 1.807) is 11.8 Å². The molecule has 164 valence electrons. The van der Waals surface area contributed by atoms with Crippen molar-refractivity contribution in [3.63, 3.8) is 0 Å². The smallest absolute Gasteiger partial charge is 0.336 e. The van der Waals surface area contributed by atoms with Gasteiger partial charge < -0.3 is 15.4 Å². The number of methoxy groups -OCH3 is 1. The SMILES string of the molecule is CCCCSC1NC(=O)C2C(NC(C)=C(C(=O)OC)C2c2ccc(C(C)C)cc2)N1. The molecule has 1 aromatic rings. The predicted molar refractivity (Wildman–Crippen MR) is 121 cm³/mol. The quantitative estimate of drug-likeness (QED) is 0.453. The number of thioether (sulfide) groups is 1. The Morgan fingerprint density at radius 3 is 2.50 bits per heavy atom. The lowest BCUT2D eigenvalue weighted by Crippen LogP contribution is -2.67. The fourth-order valence-corrected chi connectivity index (χ4v) is 5.31. The third-order valence-corrected chi connectivity index (χ3v) is 6.97. The molecule has 1 aromatic carbocycles. The second kappa shape index (κ2) is 9.88. The molecule has 6 nitrogen and oxygen atoms in total. The predicted octanol–water partition coefficient (Wildman–Crippen LogP) is 3.42. The third kappa shape index (κ3) is 4.67. The van der Waals surface area contributed by atoms with Crippen LogP contribution >= 0.6 is 11.8 Å². The first-order chi connectivity index (χ1) is 14.4. The van der Waals surface area contributed by atoms with Crippen LogP contribution in [0.4, 0.5) is 0 Å².